The van der Waals surface area contributed by atoms with Crippen molar-refractivity contribution in [3.63, 3.8) is 0 Å². The molecule has 3 radical (unpaired) electrons. The van der Waals surface area contributed by atoms with Crippen LogP contribution < -0.4 is 6.15 Å². The van der Waals surface area contributed by atoms with E-state index in [1.807, 2.05) is 0 Å². The van der Waals surface area contributed by atoms with Crippen LogP contribution in [-0.4, -0.2) is 13.9 Å². The Bertz CT molecular complexity index is 8.00. The highest BCUT2D eigenvalue weighted by Gasteiger charge is 0.0000184. The predicted molar refractivity (Wildman–Crippen MR) is 21.1 cm³/mol. The van der Waals surface area contributed by atoms with Gasteiger partial charge in [0.1, 0.15) is 0 Å². The first-order chi connectivity index (χ1) is 0. The summed E-state index contributed by atoms with van der Waals surface area (Å²) < 4.78 is 0. The Hall–Kier alpha value is -0.0151. The molecule has 3 heteroatoms. The molecule has 0 aromatic carbocycles. The zero-order valence-electron chi connectivity index (χ0n) is 1.78. The minimum Gasteiger partial charge on any atom is -0.412 e. The monoisotopic (exact) mass is 62.1 g/mol. The van der Waals surface area contributed by atoms with Crippen molar-refractivity contribution >= 4 is 8.41 Å². The van der Waals surface area contributed by atoms with Gasteiger partial charge in [0, 0.05) is 8.41 Å². The summed E-state index contributed by atoms with van der Waals surface area (Å²) in [5.41, 5.74) is 0. The second kappa shape index (κ2) is 51800. The van der Waals surface area contributed by atoms with Crippen molar-refractivity contribution in [3.8, 4) is 0 Å². The van der Waals surface area contributed by atoms with Crippen LogP contribution in [0.5, 0.6) is 0 Å². The van der Waals surface area contributed by atoms with E-state index < -0.39 is 0 Å². The lowest BCUT2D eigenvalue weighted by molar-refractivity contribution is 0.824. The molecule has 0 rings (SSSR count). The summed E-state index contributed by atoms with van der Waals surface area (Å²) in [5, 5.41) is 0. The molecule has 2 nitrogen and oxygen atoms in total. The molecule has 4 heavy (non-hydrogen) atoms. The van der Waals surface area contributed by atoms with Gasteiger partial charge in [0.05, 0.1) is 0 Å². The fraction of sp³-hybridized carbons (Fsp3) is 1.00. The highest BCUT2D eigenvalue weighted by molar-refractivity contribution is 5.75. The summed E-state index contributed by atoms with van der Waals surface area (Å²) in [6.45, 7) is 0. The lowest BCUT2D eigenvalue weighted by atomic mass is 10.8. The first kappa shape index (κ1) is 156000. The topological polar surface area (TPSA) is 66.5 Å². The zero-order chi connectivity index (χ0) is 0. The molecule has 0 unspecified atom stereocenters. The van der Waals surface area contributed by atoms with Crippen LogP contribution in [0, 0.1) is 0 Å². The van der Waals surface area contributed by atoms with E-state index in [4.69, 9.17) is 0 Å². The number of rotatable bonds is 0. The molecule has 0 spiro atoms. The fourth-order valence-electron chi connectivity index (χ4n) is 0. The van der Waals surface area contributed by atoms with Gasteiger partial charge in [0.15, 0.2) is 0 Å². The third-order valence-electron chi connectivity index (χ3n) is 0. The SMILES string of the molecule is C.N.O.[B]. The first-order valence-corrected chi connectivity index (χ1v) is 0. The van der Waals surface area contributed by atoms with Gasteiger partial charge in [0.25, 0.3) is 0 Å². The Labute approximate surface area is 28.7 Å². The molecule has 27 valence electrons. The molecular formula is CH9BNO. The van der Waals surface area contributed by atoms with E-state index in [9.17, 15) is 0 Å². The molecule has 5 N–H and O–H groups in total. The van der Waals surface area contributed by atoms with Crippen LogP contribution in [0.25, 0.3) is 0 Å². The van der Waals surface area contributed by atoms with Crippen LogP contribution in [0.4, 0.5) is 0 Å². The van der Waals surface area contributed by atoms with Crippen LogP contribution in [0.2, 0.25) is 0 Å². The Balaban J connectivity index is 0. The summed E-state index contributed by atoms with van der Waals surface area (Å²) in [5.74, 6) is 0. The van der Waals surface area contributed by atoms with Gasteiger partial charge in [-0.05, 0) is 0 Å². The Morgan fingerprint density at radius 1 is 1.00 bits per heavy atom. The van der Waals surface area contributed by atoms with Crippen molar-refractivity contribution in [1.82, 2.24) is 6.15 Å². The summed E-state index contributed by atoms with van der Waals surface area (Å²) in [7, 11) is 0. The molecule has 0 aliphatic rings. The van der Waals surface area contributed by atoms with E-state index in [0.29, 0.717) is 0 Å². The molecule has 0 aromatic heterocycles. The van der Waals surface area contributed by atoms with Crippen LogP contribution in [0.1, 0.15) is 7.43 Å². The molecule has 0 heterocycles. The first-order valence-electron chi connectivity index (χ1n) is 0. The smallest absolute Gasteiger partial charge is 0 e. The summed E-state index contributed by atoms with van der Waals surface area (Å²) >= 11 is 0. The van der Waals surface area contributed by atoms with Crippen LogP contribution in [-0.2, 0) is 0 Å². The van der Waals surface area contributed by atoms with Gasteiger partial charge in [-0.25, -0.2) is 0 Å². The van der Waals surface area contributed by atoms with Gasteiger partial charge in [-0.1, -0.05) is 7.43 Å². The van der Waals surface area contributed by atoms with E-state index in [1.165, 1.54) is 0 Å². The molecule has 0 amide bonds. The van der Waals surface area contributed by atoms with Crippen molar-refractivity contribution in [2.24, 2.45) is 0 Å². The van der Waals surface area contributed by atoms with Gasteiger partial charge < -0.3 is 11.6 Å². The minimum absolute atomic E-state index is 0. The molecule has 0 aromatic rings. The molecular weight excluding hydrogens is 52.8 g/mol. The van der Waals surface area contributed by atoms with E-state index in [1.54, 1.807) is 0 Å². The fourth-order valence-corrected chi connectivity index (χ4v) is 0. The van der Waals surface area contributed by atoms with Gasteiger partial charge >= 0.3 is 0 Å². The highest BCUT2D eigenvalue weighted by Crippen LogP contribution is 0.144. The van der Waals surface area contributed by atoms with Crippen LogP contribution in [0.3, 0.4) is 0 Å². The lowest BCUT2D eigenvalue weighted by Gasteiger charge is -0.412. The normalized spacial score (nSPS) is 0. The number of hydrogen-bond donors (Lipinski definition) is 1. The average molecular weight is 61.9 g/mol. The highest BCUT2D eigenvalue weighted by atomic mass is 16.0. The maximum absolute atomic E-state index is 0. The van der Waals surface area contributed by atoms with Crippen LogP contribution >= 0.6 is 0 Å². The quantitative estimate of drug-likeness (QED) is 0.381. The molecule has 0 aliphatic heterocycles. The van der Waals surface area contributed by atoms with Crippen molar-refractivity contribution in [2.45, 2.75) is 7.43 Å². The van der Waals surface area contributed by atoms with E-state index in [2.05, 4.69) is 0 Å². The van der Waals surface area contributed by atoms with E-state index in [0.717, 1.165) is 0 Å². The molecule has 0 fully saturated rings. The van der Waals surface area contributed by atoms with Crippen molar-refractivity contribution in [1.29, 1.82) is 0 Å². The molecule has 0 aliphatic carbocycles. The van der Waals surface area contributed by atoms with E-state index >= 15 is 0 Å². The molecule has 0 saturated heterocycles. The van der Waals surface area contributed by atoms with Crippen molar-refractivity contribution in [3.05, 3.63) is 0 Å². The standard InChI is InChI=1S/CH4.B.H3N.H2O/h1H4;;1H3;1H2. The predicted octanol–water partition coefficient (Wildman–Crippen LogP) is -0.407. The Kier molecular flexibility index (Phi) is 2030000000. The summed E-state index contributed by atoms with van der Waals surface area (Å²) in [4.78, 5) is 0. The zero-order valence-corrected chi connectivity index (χ0v) is 1.78. The summed E-state index contributed by atoms with van der Waals surface area (Å²) in [6.07, 6.45) is 0. The van der Waals surface area contributed by atoms with Gasteiger partial charge in [-0.15, -0.1) is 0 Å². The second-order valence-electron chi connectivity index (χ2n) is 0. The summed E-state index contributed by atoms with van der Waals surface area (Å²) in [6, 6.07) is 0. The maximum Gasteiger partial charge on any atom is 0 e. The van der Waals surface area contributed by atoms with E-state index in [-0.39, 0.29) is 27.5 Å². The van der Waals surface area contributed by atoms with Gasteiger partial charge in [-0.2, -0.15) is 0 Å². The molecule has 0 atom stereocenters. The third kappa shape index (κ3) is 8480. The molecule has 0 saturated carbocycles. The maximum atomic E-state index is 0. The third-order valence-corrected chi connectivity index (χ3v) is 0. The Morgan fingerprint density at radius 3 is 1.00 bits per heavy atom. The molecule has 0 bridgehead atoms. The largest absolute Gasteiger partial charge is 0.412 e. The Morgan fingerprint density at radius 2 is 1.00 bits per heavy atom. The lowest BCUT2D eigenvalue weighted by Crippen LogP contribution is -0.481. The van der Waals surface area contributed by atoms with Crippen molar-refractivity contribution in [2.75, 3.05) is 0 Å². The minimum atomic E-state index is 0. The number of hydrogen-bond acceptors (Lipinski definition) is 1. The van der Waals surface area contributed by atoms with Gasteiger partial charge in [0.2, 0.25) is 0 Å². The van der Waals surface area contributed by atoms with Crippen molar-refractivity contribution < 1.29 is 5.48 Å². The second-order valence-corrected chi connectivity index (χ2v) is 0. The van der Waals surface area contributed by atoms with Gasteiger partial charge in [-0.3, -0.25) is 0 Å². The average Bonchev–Trinajstić information content (AvgIpc) is 0. The van der Waals surface area contributed by atoms with Crippen LogP contribution in [0.15, 0.2) is 0 Å².